The van der Waals surface area contributed by atoms with Gasteiger partial charge in [0.15, 0.2) is 5.75 Å². The summed E-state index contributed by atoms with van der Waals surface area (Å²) in [5, 5.41) is 23.7. The number of nitriles is 1. The van der Waals surface area contributed by atoms with Crippen LogP contribution in [0, 0.1) is 18.3 Å². The average molecular weight is 605 g/mol. The van der Waals surface area contributed by atoms with Gasteiger partial charge in [-0.05, 0) is 49.4 Å². The van der Waals surface area contributed by atoms with Crippen molar-refractivity contribution in [3.8, 4) is 17.6 Å². The molecule has 0 aliphatic carbocycles. The Bertz CT molecular complexity index is 1570. The van der Waals surface area contributed by atoms with Crippen LogP contribution >= 0.6 is 23.2 Å². The van der Waals surface area contributed by atoms with Gasteiger partial charge in [-0.3, -0.25) is 24.9 Å². The second kappa shape index (κ2) is 13.0. The molecule has 3 rings (SSSR count). The molecular formula is C26H27Cl2N5O6Si. The van der Waals surface area contributed by atoms with Gasteiger partial charge in [0.1, 0.15) is 18.5 Å². The van der Waals surface area contributed by atoms with Gasteiger partial charge in [-0.2, -0.15) is 10.4 Å². The molecule has 0 aliphatic heterocycles. The van der Waals surface area contributed by atoms with Crippen molar-refractivity contribution in [2.45, 2.75) is 39.3 Å². The highest BCUT2D eigenvalue weighted by atomic mass is 35.5. The van der Waals surface area contributed by atoms with E-state index < -0.39 is 25.8 Å². The molecule has 40 heavy (non-hydrogen) atoms. The van der Waals surface area contributed by atoms with Crippen LogP contribution in [-0.4, -0.2) is 42.1 Å². The third-order valence-electron chi connectivity index (χ3n) is 5.52. The lowest BCUT2D eigenvalue weighted by molar-refractivity contribution is -0.114. The fourth-order valence-electron chi connectivity index (χ4n) is 3.48. The SMILES string of the molecule is Cc1cc2cc(Oc3c(Cl)cc(N/N=C(/C#N)C(=O)NC(=O)O)cc3Cl)ccc2n(COCC[Si](C)(C)C)c1=O. The molecule has 14 heteroatoms. The van der Waals surface area contributed by atoms with Gasteiger partial charge >= 0.3 is 6.09 Å². The van der Waals surface area contributed by atoms with Crippen molar-refractivity contribution in [3.05, 3.63) is 62.4 Å². The van der Waals surface area contributed by atoms with Gasteiger partial charge in [0, 0.05) is 25.6 Å². The van der Waals surface area contributed by atoms with Crippen LogP contribution in [0.1, 0.15) is 5.56 Å². The Balaban J connectivity index is 1.82. The van der Waals surface area contributed by atoms with Gasteiger partial charge in [-0.25, -0.2) is 4.79 Å². The van der Waals surface area contributed by atoms with Crippen LogP contribution in [0.3, 0.4) is 0 Å². The van der Waals surface area contributed by atoms with Crippen LogP contribution in [-0.2, 0) is 16.3 Å². The van der Waals surface area contributed by atoms with E-state index in [1.54, 1.807) is 35.8 Å². The fraction of sp³-hybridized carbons (Fsp3) is 0.269. The highest BCUT2D eigenvalue weighted by molar-refractivity contribution is 6.76. The quantitative estimate of drug-likeness (QED) is 0.113. The minimum absolute atomic E-state index is 0.0933. The lowest BCUT2D eigenvalue weighted by Gasteiger charge is -2.17. The lowest BCUT2D eigenvalue weighted by Crippen LogP contribution is -2.34. The number of amides is 2. The zero-order valence-corrected chi connectivity index (χ0v) is 24.7. The fourth-order valence-corrected chi connectivity index (χ4v) is 4.80. The molecule has 2 amide bonds. The minimum Gasteiger partial charge on any atom is -0.465 e. The summed E-state index contributed by atoms with van der Waals surface area (Å²) in [5.41, 5.74) is 3.04. The van der Waals surface area contributed by atoms with E-state index in [1.165, 1.54) is 23.5 Å². The zero-order valence-electron chi connectivity index (χ0n) is 22.2. The number of hydrazone groups is 1. The van der Waals surface area contributed by atoms with E-state index in [2.05, 4.69) is 30.2 Å². The van der Waals surface area contributed by atoms with E-state index in [4.69, 9.17) is 43.0 Å². The molecule has 0 saturated carbocycles. The van der Waals surface area contributed by atoms with Gasteiger partial charge in [0.25, 0.3) is 11.5 Å². The predicted octanol–water partition coefficient (Wildman–Crippen LogP) is 5.81. The van der Waals surface area contributed by atoms with Crippen LogP contribution in [0.4, 0.5) is 10.5 Å². The zero-order chi connectivity index (χ0) is 29.6. The smallest absolute Gasteiger partial charge is 0.411 e. The number of aromatic nitrogens is 1. The molecule has 0 bridgehead atoms. The van der Waals surface area contributed by atoms with Crippen molar-refractivity contribution in [3.63, 3.8) is 0 Å². The van der Waals surface area contributed by atoms with Gasteiger partial charge < -0.3 is 14.6 Å². The molecule has 11 nitrogen and oxygen atoms in total. The molecule has 2 aromatic carbocycles. The first kappa shape index (κ1) is 30.6. The highest BCUT2D eigenvalue weighted by Crippen LogP contribution is 2.39. The van der Waals surface area contributed by atoms with Crippen LogP contribution in [0.25, 0.3) is 10.9 Å². The molecule has 1 heterocycles. The first-order valence-electron chi connectivity index (χ1n) is 12.0. The predicted molar refractivity (Wildman–Crippen MR) is 156 cm³/mol. The Morgan fingerprint density at radius 2 is 1.82 bits per heavy atom. The maximum atomic E-state index is 12.8. The average Bonchev–Trinajstić information content (AvgIpc) is 2.85. The summed E-state index contributed by atoms with van der Waals surface area (Å²) in [6, 6.07) is 12.2. The first-order valence-corrected chi connectivity index (χ1v) is 16.4. The number of carbonyl (C=O) groups is 2. The Morgan fingerprint density at radius 3 is 2.42 bits per heavy atom. The number of fused-ring (bicyclic) bond motifs is 1. The summed E-state index contributed by atoms with van der Waals surface area (Å²) >= 11 is 12.8. The minimum atomic E-state index is -1.63. The number of carbonyl (C=O) groups excluding carboxylic acids is 1. The summed E-state index contributed by atoms with van der Waals surface area (Å²) in [6.07, 6.45) is -1.63. The van der Waals surface area contributed by atoms with E-state index >= 15 is 0 Å². The standard InChI is InChI=1S/C26H27Cl2N5O6Si/c1-15-9-16-10-18(5-6-22(16)33(25(15)35)14-38-7-8-40(2,3)4)39-23-19(27)11-17(12-20(23)28)31-32-21(13-29)24(34)30-26(36)37/h5-6,9-12,31H,7-8,14H2,1-4H3,(H,30,34)(H,36,37)/b32-21-. The van der Waals surface area contributed by atoms with Crippen LogP contribution in [0.5, 0.6) is 11.5 Å². The van der Waals surface area contributed by atoms with Gasteiger partial charge in [0.2, 0.25) is 5.71 Å². The van der Waals surface area contributed by atoms with Gasteiger partial charge in [-0.1, -0.05) is 42.8 Å². The van der Waals surface area contributed by atoms with E-state index in [0.29, 0.717) is 23.4 Å². The molecule has 0 atom stereocenters. The third-order valence-corrected chi connectivity index (χ3v) is 7.78. The monoisotopic (exact) mass is 603 g/mol. The van der Waals surface area contributed by atoms with E-state index in [1.807, 2.05) is 0 Å². The topological polar surface area (TPSA) is 155 Å². The molecule has 3 N–H and O–H groups in total. The Kier molecular flexibility index (Phi) is 9.94. The number of pyridine rings is 1. The third kappa shape index (κ3) is 8.06. The molecule has 0 radical (unpaired) electrons. The van der Waals surface area contributed by atoms with Gasteiger partial charge in [0.05, 0.1) is 21.2 Å². The number of benzene rings is 2. The van der Waals surface area contributed by atoms with Gasteiger partial charge in [-0.15, -0.1) is 0 Å². The van der Waals surface area contributed by atoms with Crippen molar-refractivity contribution < 1.29 is 24.2 Å². The molecule has 0 fully saturated rings. The Morgan fingerprint density at radius 1 is 1.15 bits per heavy atom. The second-order valence-corrected chi connectivity index (χ2v) is 16.4. The van der Waals surface area contributed by atoms with Crippen molar-refractivity contribution >= 4 is 65.6 Å². The van der Waals surface area contributed by atoms with Crippen LogP contribution in [0.15, 0.2) is 46.3 Å². The van der Waals surface area contributed by atoms with E-state index in [-0.39, 0.29) is 33.8 Å². The van der Waals surface area contributed by atoms with E-state index in [9.17, 15) is 14.4 Å². The molecule has 0 aliphatic rings. The Hall–Kier alpha value is -3.89. The second-order valence-electron chi connectivity index (χ2n) is 9.94. The molecule has 1 aromatic heterocycles. The van der Waals surface area contributed by atoms with Crippen molar-refractivity contribution in [2.24, 2.45) is 5.10 Å². The summed E-state index contributed by atoms with van der Waals surface area (Å²) < 4.78 is 13.4. The molecule has 0 unspecified atom stereocenters. The summed E-state index contributed by atoms with van der Waals surface area (Å²) in [6.45, 7) is 9.24. The molecular weight excluding hydrogens is 577 g/mol. The largest absolute Gasteiger partial charge is 0.465 e. The first-order chi connectivity index (χ1) is 18.8. The maximum absolute atomic E-state index is 12.8. The number of aryl methyl sites for hydroxylation is 1. The summed E-state index contributed by atoms with van der Waals surface area (Å²) in [4.78, 5) is 35.1. The number of imide groups is 1. The number of hydrogen-bond acceptors (Lipinski definition) is 8. The lowest BCUT2D eigenvalue weighted by atomic mass is 10.1. The molecule has 210 valence electrons. The van der Waals surface area contributed by atoms with Crippen molar-refractivity contribution in [1.29, 1.82) is 5.26 Å². The number of nitrogens with zero attached hydrogens (tertiary/aromatic N) is 3. The number of nitrogens with one attached hydrogen (secondary N) is 2. The normalized spacial score (nSPS) is 11.7. The van der Waals surface area contributed by atoms with E-state index in [0.717, 1.165) is 11.4 Å². The van der Waals surface area contributed by atoms with Crippen LogP contribution in [0.2, 0.25) is 35.7 Å². The summed E-state index contributed by atoms with van der Waals surface area (Å²) in [7, 11) is -1.26. The number of hydrogen-bond donors (Lipinski definition) is 3. The number of rotatable bonds is 10. The molecule has 0 saturated heterocycles. The maximum Gasteiger partial charge on any atom is 0.411 e. The molecule has 0 spiro atoms. The van der Waals surface area contributed by atoms with Crippen molar-refractivity contribution in [1.82, 2.24) is 9.88 Å². The number of ether oxygens (including phenoxy) is 2. The highest BCUT2D eigenvalue weighted by Gasteiger charge is 2.16. The Labute approximate surface area is 240 Å². The summed E-state index contributed by atoms with van der Waals surface area (Å²) in [5.74, 6) is -0.646. The van der Waals surface area contributed by atoms with Crippen molar-refractivity contribution in [2.75, 3.05) is 12.0 Å². The number of carboxylic acid groups (broad SMARTS) is 1. The van der Waals surface area contributed by atoms with Crippen LogP contribution < -0.4 is 21.0 Å². The number of anilines is 1. The number of halogens is 2. The molecule has 3 aromatic rings.